The van der Waals surface area contributed by atoms with Crippen LogP contribution < -0.4 is 0 Å². The highest BCUT2D eigenvalue weighted by Crippen LogP contribution is 2.72. The Hall–Kier alpha value is -4.73. The Morgan fingerprint density at radius 1 is 0.942 bits per heavy atom. The van der Waals surface area contributed by atoms with E-state index in [2.05, 4.69) is 41.5 Å². The lowest BCUT2D eigenvalue weighted by Crippen LogP contribution is -2.64. The molecule has 52 heavy (non-hydrogen) atoms. The molecule has 4 fully saturated rings. The Labute approximate surface area is 304 Å². The molecule has 0 N–H and O–H groups in total. The lowest BCUT2D eigenvalue weighted by Gasteiger charge is -2.69. The number of pyridine rings is 1. The van der Waals surface area contributed by atoms with Crippen LogP contribution in [-0.4, -0.2) is 58.2 Å². The minimum atomic E-state index is -0.673. The number of azide groups is 1. The second-order valence-corrected chi connectivity index (χ2v) is 17.3. The van der Waals surface area contributed by atoms with Crippen LogP contribution in [0, 0.1) is 23.2 Å². The summed E-state index contributed by atoms with van der Waals surface area (Å²) >= 11 is 0. The lowest BCUT2D eigenvalue weighted by molar-refractivity contribution is -0.247. The molecular formula is C41H48N6O5. The Kier molecular flexibility index (Phi) is 8.74. The average molecular weight is 705 g/mol. The summed E-state index contributed by atoms with van der Waals surface area (Å²) in [5.74, 6) is -0.935. The maximum Gasteiger partial charge on any atom is 0.357 e. The summed E-state index contributed by atoms with van der Waals surface area (Å²) in [7, 11) is 1.38. The quantitative estimate of drug-likeness (QED) is 0.0527. The van der Waals surface area contributed by atoms with E-state index in [1.807, 2.05) is 51.2 Å². The van der Waals surface area contributed by atoms with Crippen molar-refractivity contribution in [2.75, 3.05) is 20.3 Å². The first-order valence-electron chi connectivity index (χ1n) is 18.1. The minimum Gasteiger partial charge on any atom is -0.465 e. The summed E-state index contributed by atoms with van der Waals surface area (Å²) in [6, 6.07) is 15.0. The van der Waals surface area contributed by atoms with Crippen LogP contribution in [0.5, 0.6) is 0 Å². The number of esters is 2. The molecule has 2 heterocycles. The summed E-state index contributed by atoms with van der Waals surface area (Å²) in [6.07, 6.45) is 8.36. The number of carbonyl (C=O) groups is 2. The monoisotopic (exact) mass is 704 g/mol. The Bertz CT molecular complexity index is 2110. The highest BCUT2D eigenvalue weighted by Gasteiger charge is 2.66. The predicted octanol–water partition coefficient (Wildman–Crippen LogP) is 9.26. The van der Waals surface area contributed by atoms with Crippen molar-refractivity contribution in [1.29, 1.82) is 0 Å². The van der Waals surface area contributed by atoms with Crippen molar-refractivity contribution in [3.63, 3.8) is 0 Å². The fourth-order valence-electron chi connectivity index (χ4n) is 10.8. The normalized spacial score (nSPS) is 26.3. The highest BCUT2D eigenvalue weighted by molar-refractivity contribution is 6.08. The molecule has 4 aliphatic carbocycles. The van der Waals surface area contributed by atoms with E-state index in [1.54, 1.807) is 18.2 Å². The number of hydrogen-bond donors (Lipinski definition) is 0. The van der Waals surface area contributed by atoms with Gasteiger partial charge in [0.25, 0.3) is 0 Å². The van der Waals surface area contributed by atoms with Crippen LogP contribution in [-0.2, 0) is 20.8 Å². The Balaban J connectivity index is 1.30. The van der Waals surface area contributed by atoms with E-state index < -0.39 is 17.5 Å². The molecule has 0 saturated heterocycles. The summed E-state index contributed by atoms with van der Waals surface area (Å²) in [5.41, 5.74) is 13.1. The molecule has 2 atom stereocenters. The SMILES string of the molecule is COC(=O)c1cccc2cc(-c3cnn(CC45CC6(C)CC(C)(C4)CC(OCCN=[N+]=[N-])(C6)C5)c3C)c(-c3cccc(C(=O)OC(C)(C)C)n3)cc12. The molecule has 2 aromatic carbocycles. The third-order valence-electron chi connectivity index (χ3n) is 11.3. The number of ether oxygens (including phenoxy) is 3. The van der Waals surface area contributed by atoms with Gasteiger partial charge in [-0.1, -0.05) is 37.2 Å². The molecule has 4 saturated carbocycles. The van der Waals surface area contributed by atoms with E-state index in [0.29, 0.717) is 24.4 Å². The third-order valence-corrected chi connectivity index (χ3v) is 11.3. The second kappa shape index (κ2) is 12.7. The Morgan fingerprint density at radius 3 is 2.37 bits per heavy atom. The van der Waals surface area contributed by atoms with Crippen LogP contribution in [0.3, 0.4) is 0 Å². The van der Waals surface area contributed by atoms with Crippen molar-refractivity contribution in [3.8, 4) is 22.4 Å². The van der Waals surface area contributed by atoms with E-state index in [9.17, 15) is 9.59 Å². The van der Waals surface area contributed by atoms with Crippen LogP contribution in [0.4, 0.5) is 0 Å². The molecule has 0 spiro atoms. The van der Waals surface area contributed by atoms with E-state index in [4.69, 9.17) is 29.8 Å². The number of benzene rings is 2. The summed E-state index contributed by atoms with van der Waals surface area (Å²) in [4.78, 5) is 33.7. The fourth-order valence-corrected chi connectivity index (χ4v) is 10.8. The zero-order chi connectivity index (χ0) is 37.1. The molecule has 0 radical (unpaired) electrons. The zero-order valence-corrected chi connectivity index (χ0v) is 31.3. The molecule has 11 nitrogen and oxygen atoms in total. The number of nitrogens with zero attached hydrogens (tertiary/aromatic N) is 6. The van der Waals surface area contributed by atoms with Gasteiger partial charge in [-0.05, 0) is 135 Å². The zero-order valence-electron chi connectivity index (χ0n) is 31.3. The number of fused-ring (bicyclic) bond motifs is 1. The first-order valence-corrected chi connectivity index (χ1v) is 18.1. The van der Waals surface area contributed by atoms with E-state index in [1.165, 1.54) is 13.5 Å². The molecule has 4 bridgehead atoms. The van der Waals surface area contributed by atoms with Gasteiger partial charge in [-0.25, -0.2) is 14.6 Å². The summed E-state index contributed by atoms with van der Waals surface area (Å²) in [5, 5.41) is 10.4. The van der Waals surface area contributed by atoms with Crippen molar-refractivity contribution in [2.45, 2.75) is 97.8 Å². The molecule has 2 aromatic heterocycles. The van der Waals surface area contributed by atoms with Gasteiger partial charge in [-0.15, -0.1) is 0 Å². The number of rotatable bonds is 10. The summed E-state index contributed by atoms with van der Waals surface area (Å²) < 4.78 is 19.6. The maximum atomic E-state index is 13.1. The largest absolute Gasteiger partial charge is 0.465 e. The fraction of sp³-hybridized carbons (Fsp3) is 0.512. The van der Waals surface area contributed by atoms with Gasteiger partial charge in [0.05, 0.1) is 36.8 Å². The first kappa shape index (κ1) is 35.7. The van der Waals surface area contributed by atoms with Crippen molar-refractivity contribution in [1.82, 2.24) is 14.8 Å². The van der Waals surface area contributed by atoms with Crippen LogP contribution in [0.2, 0.25) is 0 Å². The van der Waals surface area contributed by atoms with Crippen LogP contribution in [0.25, 0.3) is 43.6 Å². The van der Waals surface area contributed by atoms with E-state index in [0.717, 1.165) is 71.8 Å². The van der Waals surface area contributed by atoms with Gasteiger partial charge in [-0.3, -0.25) is 4.68 Å². The van der Waals surface area contributed by atoms with Gasteiger partial charge in [0.15, 0.2) is 0 Å². The molecule has 4 aromatic rings. The Morgan fingerprint density at radius 2 is 1.67 bits per heavy atom. The second-order valence-electron chi connectivity index (χ2n) is 17.3. The van der Waals surface area contributed by atoms with Crippen molar-refractivity contribution < 1.29 is 23.8 Å². The number of aromatic nitrogens is 3. The average Bonchev–Trinajstić information content (AvgIpc) is 3.41. The third kappa shape index (κ3) is 6.68. The smallest absolute Gasteiger partial charge is 0.357 e. The van der Waals surface area contributed by atoms with Gasteiger partial charge in [0, 0.05) is 34.8 Å². The molecule has 272 valence electrons. The van der Waals surface area contributed by atoms with E-state index in [-0.39, 0.29) is 27.5 Å². The lowest BCUT2D eigenvalue weighted by atomic mass is 9.39. The number of methoxy groups -OCH3 is 1. The van der Waals surface area contributed by atoms with Crippen molar-refractivity contribution >= 4 is 22.7 Å². The van der Waals surface area contributed by atoms with Gasteiger partial charge >= 0.3 is 11.9 Å². The number of carbonyl (C=O) groups excluding carboxylic acids is 2. The van der Waals surface area contributed by atoms with Crippen LogP contribution in [0.15, 0.2) is 59.8 Å². The predicted molar refractivity (Wildman–Crippen MR) is 199 cm³/mol. The molecule has 0 amide bonds. The first-order chi connectivity index (χ1) is 24.6. The molecule has 11 heteroatoms. The van der Waals surface area contributed by atoms with Crippen LogP contribution in [0.1, 0.15) is 99.7 Å². The molecule has 4 aliphatic rings. The van der Waals surface area contributed by atoms with Gasteiger partial charge in [0.1, 0.15) is 11.3 Å². The van der Waals surface area contributed by atoms with Crippen molar-refractivity contribution in [2.24, 2.45) is 21.4 Å². The van der Waals surface area contributed by atoms with E-state index >= 15 is 0 Å². The minimum absolute atomic E-state index is 0.00965. The highest BCUT2D eigenvalue weighted by atomic mass is 16.6. The van der Waals surface area contributed by atoms with Gasteiger partial charge < -0.3 is 14.2 Å². The maximum absolute atomic E-state index is 13.1. The molecule has 2 unspecified atom stereocenters. The van der Waals surface area contributed by atoms with Gasteiger partial charge in [-0.2, -0.15) is 5.10 Å². The molecule has 8 rings (SSSR count). The van der Waals surface area contributed by atoms with Crippen molar-refractivity contribution in [3.05, 3.63) is 82.1 Å². The van der Waals surface area contributed by atoms with Gasteiger partial charge in [0.2, 0.25) is 0 Å². The summed E-state index contributed by atoms with van der Waals surface area (Å²) in [6.45, 7) is 14.0. The topological polar surface area (TPSA) is 141 Å². The standard InChI is InChI=1S/C41H48N6O5/c1-26-32(18-44-47(26)25-40-20-38(5)19-39(6,21-40)23-41(22-38,24-40)51-15-14-43-46-42)30-16-27-10-8-11-28(35(48)50-7)29(27)17-31(30)33-12-9-13-34(45-33)36(49)52-37(2,3)4/h8-13,16-18H,14-15,19-25H2,1-7H3. The number of hydrogen-bond acceptors (Lipinski definition) is 8. The molecule has 0 aliphatic heterocycles. The molecular weight excluding hydrogens is 656 g/mol. The van der Waals surface area contributed by atoms with Crippen LogP contribution >= 0.6 is 0 Å².